The van der Waals surface area contributed by atoms with Gasteiger partial charge in [0.2, 0.25) is 0 Å². The molecule has 2 heterocycles. The number of ether oxygens (including phenoxy) is 2. The number of nitroso groups, excluding NO2 is 1. The highest BCUT2D eigenvalue weighted by Gasteiger charge is 2.39. The number of hydrogen-bond acceptors (Lipinski definition) is 8. The van der Waals surface area contributed by atoms with Crippen LogP contribution in [0.1, 0.15) is 38.4 Å². The van der Waals surface area contributed by atoms with Crippen LogP contribution in [0.5, 0.6) is 0 Å². The third-order valence-electron chi connectivity index (χ3n) is 5.54. The van der Waals surface area contributed by atoms with Crippen LogP contribution in [0.3, 0.4) is 0 Å². The van der Waals surface area contributed by atoms with Crippen LogP contribution in [-0.2, 0) is 14.3 Å². The van der Waals surface area contributed by atoms with Crippen molar-refractivity contribution in [1.29, 1.82) is 0 Å². The lowest BCUT2D eigenvalue weighted by Gasteiger charge is -2.37. The number of hydrogen-bond donors (Lipinski definition) is 3. The summed E-state index contributed by atoms with van der Waals surface area (Å²) in [6.45, 7) is 3.67. The maximum Gasteiger partial charge on any atom is 0.252 e. The van der Waals surface area contributed by atoms with Crippen LogP contribution < -0.4 is 5.32 Å². The molecule has 1 saturated heterocycles. The number of nitrogens with one attached hydrogen (secondary N) is 1. The maximum atomic E-state index is 12.6. The fourth-order valence-corrected chi connectivity index (χ4v) is 4.19. The van der Waals surface area contributed by atoms with E-state index in [1.54, 1.807) is 18.3 Å². The van der Waals surface area contributed by atoms with Gasteiger partial charge in [-0.2, -0.15) is 0 Å². The van der Waals surface area contributed by atoms with Crippen LogP contribution in [0.25, 0.3) is 0 Å². The number of carbonyl (C=O) groups excluding carboxylic acids is 1. The topological polar surface area (TPSA) is 121 Å². The minimum atomic E-state index is -0.767. The van der Waals surface area contributed by atoms with Crippen LogP contribution in [0.15, 0.2) is 41.2 Å². The zero-order valence-corrected chi connectivity index (χ0v) is 19.2. The molecule has 1 aromatic carbocycles. The molecule has 31 heavy (non-hydrogen) atoms. The molecular formula is C21H31N3O6P+. The van der Waals surface area contributed by atoms with Gasteiger partial charge >= 0.3 is 0 Å². The monoisotopic (exact) mass is 452 g/mol. The first-order valence-corrected chi connectivity index (χ1v) is 11.3. The van der Waals surface area contributed by atoms with Crippen molar-refractivity contribution in [3.63, 3.8) is 0 Å². The highest BCUT2D eigenvalue weighted by molar-refractivity contribution is 7.17. The normalized spacial score (nSPS) is 28.2. The van der Waals surface area contributed by atoms with E-state index in [9.17, 15) is 19.9 Å². The summed E-state index contributed by atoms with van der Waals surface area (Å²) >= 11 is 0. The van der Waals surface area contributed by atoms with E-state index in [1.807, 2.05) is 33.2 Å². The quantitative estimate of drug-likeness (QED) is 0.385. The van der Waals surface area contributed by atoms with Gasteiger partial charge in [0.25, 0.3) is 5.91 Å². The third-order valence-corrected chi connectivity index (χ3v) is 5.87. The minimum Gasteiger partial charge on any atom is -0.394 e. The summed E-state index contributed by atoms with van der Waals surface area (Å²) in [4.78, 5) is 25.6. The number of rotatable bonds is 9. The molecule has 0 saturated carbocycles. The molecule has 9 nitrogen and oxygen atoms in total. The van der Waals surface area contributed by atoms with Gasteiger partial charge in [-0.25, -0.2) is 0 Å². The Morgan fingerprint density at radius 3 is 2.81 bits per heavy atom. The highest BCUT2D eigenvalue weighted by Crippen LogP contribution is 2.33. The zero-order chi connectivity index (χ0) is 22.5. The lowest BCUT2D eigenvalue weighted by molar-refractivity contribution is -0.125. The van der Waals surface area contributed by atoms with Crippen molar-refractivity contribution in [3.8, 4) is 0 Å². The molecule has 0 bridgehead atoms. The van der Waals surface area contributed by atoms with Gasteiger partial charge < -0.3 is 29.9 Å². The Balaban J connectivity index is 1.77. The fourth-order valence-electron chi connectivity index (χ4n) is 3.89. The highest BCUT2D eigenvalue weighted by atomic mass is 31.0. The van der Waals surface area contributed by atoms with Gasteiger partial charge in [0, 0.05) is 24.6 Å². The van der Waals surface area contributed by atoms with Crippen LogP contribution in [0.4, 0.5) is 5.69 Å². The summed E-state index contributed by atoms with van der Waals surface area (Å²) in [5, 5.41) is 25.4. The molecule has 2 aliphatic rings. The van der Waals surface area contributed by atoms with Gasteiger partial charge in [0.15, 0.2) is 0 Å². The molecule has 3 rings (SSSR count). The van der Waals surface area contributed by atoms with E-state index in [-0.39, 0.29) is 31.4 Å². The largest absolute Gasteiger partial charge is 0.394 e. The first-order valence-electron chi connectivity index (χ1n) is 10.4. The van der Waals surface area contributed by atoms with Crippen LogP contribution in [0.2, 0.25) is 0 Å². The number of benzene rings is 1. The molecule has 0 aliphatic carbocycles. The number of nitrogens with zero attached hydrogens (tertiary/aromatic N) is 2. The zero-order valence-electron chi connectivity index (χ0n) is 17.8. The molecule has 2 aliphatic heterocycles. The Morgan fingerprint density at radius 1 is 1.42 bits per heavy atom. The molecule has 0 radical (unpaired) electrons. The molecule has 7 unspecified atom stereocenters. The van der Waals surface area contributed by atoms with Gasteiger partial charge in [-0.1, -0.05) is 18.2 Å². The van der Waals surface area contributed by atoms with Crippen molar-refractivity contribution in [1.82, 2.24) is 10.2 Å². The van der Waals surface area contributed by atoms with Crippen LogP contribution in [-0.4, -0.2) is 64.5 Å². The molecule has 1 fully saturated rings. The number of aliphatic hydroxyl groups excluding tert-OH is 2. The van der Waals surface area contributed by atoms with Crippen molar-refractivity contribution in [2.75, 3.05) is 13.2 Å². The lowest BCUT2D eigenvalue weighted by Crippen LogP contribution is -2.52. The molecule has 1 amide bonds. The summed E-state index contributed by atoms with van der Waals surface area (Å²) in [5.74, 6) is -0.243. The predicted octanol–water partition coefficient (Wildman–Crippen LogP) is 1.66. The molecule has 0 aromatic heterocycles. The van der Waals surface area contributed by atoms with E-state index in [0.717, 1.165) is 0 Å². The van der Waals surface area contributed by atoms with E-state index >= 15 is 0 Å². The average Bonchev–Trinajstić information content (AvgIpc) is 3.12. The second-order valence-electron chi connectivity index (χ2n) is 8.16. The number of carbonyl (C=O) groups is 1. The molecule has 3 N–H and O–H groups in total. The van der Waals surface area contributed by atoms with Crippen LogP contribution >= 0.6 is 9.24 Å². The molecule has 7 atom stereocenters. The smallest absolute Gasteiger partial charge is 0.252 e. The standard InChI is InChI=1S/C21H30N3O6P/c1-12(31)7-18(15-5-3-4-6-16(15)23-28)29-11-14-9-24(13(2)22-21(14)27)20-8-17(26)19(10-25)30-20/h3-6,9,12-13,17-20,25-26H,7-8,10-11,31H2,1-2H3,(H,22,27)/p+1. The Bertz CT molecular complexity index is 820. The first kappa shape index (κ1) is 23.8. The van der Waals surface area contributed by atoms with E-state index in [0.29, 0.717) is 35.3 Å². The second-order valence-corrected chi connectivity index (χ2v) is 9.55. The van der Waals surface area contributed by atoms with Crippen molar-refractivity contribution >= 4 is 20.8 Å². The second kappa shape index (κ2) is 10.6. The Kier molecular flexibility index (Phi) is 8.13. The van der Waals surface area contributed by atoms with Crippen molar-refractivity contribution in [3.05, 3.63) is 46.5 Å². The first-order chi connectivity index (χ1) is 14.8. The minimum absolute atomic E-state index is 0.0431. The van der Waals surface area contributed by atoms with Gasteiger partial charge in [0.1, 0.15) is 24.2 Å². The molecule has 170 valence electrons. The fraction of sp³-hybridized carbons (Fsp3) is 0.571. The molecular weight excluding hydrogens is 421 g/mol. The summed E-state index contributed by atoms with van der Waals surface area (Å²) in [6, 6.07) is 7.05. The van der Waals surface area contributed by atoms with E-state index in [1.165, 1.54) is 0 Å². The van der Waals surface area contributed by atoms with E-state index < -0.39 is 18.4 Å². The molecule has 1 aromatic rings. The summed E-state index contributed by atoms with van der Waals surface area (Å²) in [6.07, 6.45) is 0.0957. The Morgan fingerprint density at radius 2 is 2.16 bits per heavy atom. The molecule has 0 spiro atoms. The van der Waals surface area contributed by atoms with Gasteiger partial charge in [-0.3, -0.25) is 4.79 Å². The van der Waals surface area contributed by atoms with E-state index in [2.05, 4.69) is 17.4 Å². The van der Waals surface area contributed by atoms with Crippen molar-refractivity contribution in [2.24, 2.45) is 5.18 Å². The van der Waals surface area contributed by atoms with Gasteiger partial charge in [-0.15, -0.1) is 4.91 Å². The maximum absolute atomic E-state index is 12.6. The van der Waals surface area contributed by atoms with Crippen LogP contribution in [0, 0.1) is 4.91 Å². The predicted molar refractivity (Wildman–Crippen MR) is 120 cm³/mol. The van der Waals surface area contributed by atoms with Crippen molar-refractivity contribution in [2.45, 2.75) is 63.1 Å². The van der Waals surface area contributed by atoms with Gasteiger partial charge in [0.05, 0.1) is 36.7 Å². The molecule has 10 heteroatoms. The summed E-state index contributed by atoms with van der Waals surface area (Å²) in [5.41, 5.74) is 1.78. The summed E-state index contributed by atoms with van der Waals surface area (Å²) in [7, 11) is 1.84. The average molecular weight is 452 g/mol. The summed E-state index contributed by atoms with van der Waals surface area (Å²) < 4.78 is 11.9. The lowest BCUT2D eigenvalue weighted by atomic mass is 10.0. The number of aliphatic hydroxyl groups is 2. The van der Waals surface area contributed by atoms with Crippen molar-refractivity contribution < 1.29 is 24.5 Å². The number of amides is 1. The Labute approximate surface area is 184 Å². The third kappa shape index (κ3) is 5.67. The van der Waals surface area contributed by atoms with E-state index in [4.69, 9.17) is 9.47 Å². The van der Waals surface area contributed by atoms with Gasteiger partial charge in [-0.05, 0) is 34.3 Å². The Hall–Kier alpha value is -1.90. The SMILES string of the molecule is CC([PH3+])CC(OCC1=CN(C2CC(O)C(CO)O2)C(C)NC1=O)c1ccccc1N=O.